The van der Waals surface area contributed by atoms with Gasteiger partial charge in [0.1, 0.15) is 5.54 Å². The van der Waals surface area contributed by atoms with Crippen LogP contribution in [-0.2, 0) is 15.1 Å². The Hall–Kier alpha value is -1.26. The molecule has 0 spiro atoms. The molecule has 0 amide bonds. The Kier molecular flexibility index (Phi) is 4.09. The molecule has 0 radical (unpaired) electrons. The lowest BCUT2D eigenvalue weighted by atomic mass is 9.86. The van der Waals surface area contributed by atoms with Crippen LogP contribution in [0, 0.1) is 0 Å². The molecule has 0 fully saturated rings. The third-order valence-corrected chi connectivity index (χ3v) is 4.24. The summed E-state index contributed by atoms with van der Waals surface area (Å²) in [4.78, 5) is 13.4. The number of thioether (sulfide) groups is 1. The van der Waals surface area contributed by atoms with Crippen LogP contribution in [0.5, 0.6) is 0 Å². The van der Waals surface area contributed by atoms with E-state index in [4.69, 9.17) is 4.74 Å². The highest BCUT2D eigenvalue weighted by Gasteiger charge is 2.44. The maximum absolute atomic E-state index is 12.2. The van der Waals surface area contributed by atoms with Crippen molar-refractivity contribution in [1.82, 2.24) is 5.32 Å². The zero-order chi connectivity index (χ0) is 13.0. The Balaban J connectivity index is 2.47. The minimum Gasteiger partial charge on any atom is -0.467 e. The average molecular weight is 263 g/mol. The second kappa shape index (κ2) is 5.59. The lowest BCUT2D eigenvalue weighted by Gasteiger charge is -2.36. The molecule has 1 heterocycles. The fourth-order valence-corrected chi connectivity index (χ4v) is 3.48. The van der Waals surface area contributed by atoms with Gasteiger partial charge in [-0.15, -0.1) is 18.3 Å². The molecular weight excluding hydrogens is 246 g/mol. The van der Waals surface area contributed by atoms with Crippen molar-refractivity contribution in [2.45, 2.75) is 16.9 Å². The number of ether oxygens (including phenoxy) is 1. The summed E-state index contributed by atoms with van der Waals surface area (Å²) in [7, 11) is 1.43. The molecule has 1 N–H and O–H groups in total. The lowest BCUT2D eigenvalue weighted by molar-refractivity contribution is -0.149. The second-order valence-corrected chi connectivity index (χ2v) is 5.30. The van der Waals surface area contributed by atoms with E-state index in [1.807, 2.05) is 24.3 Å². The van der Waals surface area contributed by atoms with Gasteiger partial charge in [-0.25, -0.2) is 4.79 Å². The van der Waals surface area contributed by atoms with Gasteiger partial charge in [0.15, 0.2) is 0 Å². The Bertz CT molecular complexity index is 461. The van der Waals surface area contributed by atoms with Gasteiger partial charge < -0.3 is 4.74 Å². The lowest BCUT2D eigenvalue weighted by Crippen LogP contribution is -2.51. The molecule has 1 unspecified atom stereocenters. The minimum absolute atomic E-state index is 0.225. The number of esters is 1. The molecule has 0 aliphatic carbocycles. The van der Waals surface area contributed by atoms with Crippen LogP contribution in [0.3, 0.4) is 0 Å². The number of hydrogen-bond acceptors (Lipinski definition) is 4. The van der Waals surface area contributed by atoms with Crippen LogP contribution in [-0.4, -0.2) is 25.4 Å². The fraction of sp³-hybridized carbons (Fsp3) is 0.357. The molecule has 96 valence electrons. The summed E-state index contributed by atoms with van der Waals surface area (Å²) >= 11 is 1.78. The Morgan fingerprint density at radius 3 is 3.11 bits per heavy atom. The number of fused-ring (bicyclic) bond motifs is 1. The molecule has 1 aliphatic heterocycles. The predicted octanol–water partition coefficient (Wildman–Crippen LogP) is 2.33. The van der Waals surface area contributed by atoms with E-state index in [-0.39, 0.29) is 5.97 Å². The van der Waals surface area contributed by atoms with Gasteiger partial charge in [0.25, 0.3) is 0 Å². The molecule has 1 aromatic carbocycles. The Morgan fingerprint density at radius 1 is 1.61 bits per heavy atom. The average Bonchev–Trinajstić information content (AvgIpc) is 2.44. The van der Waals surface area contributed by atoms with Crippen molar-refractivity contribution in [1.29, 1.82) is 0 Å². The summed E-state index contributed by atoms with van der Waals surface area (Å²) in [5, 5.41) is 3.29. The van der Waals surface area contributed by atoms with Crippen LogP contribution in [0.1, 0.15) is 12.0 Å². The van der Waals surface area contributed by atoms with E-state index < -0.39 is 5.54 Å². The van der Waals surface area contributed by atoms with E-state index in [2.05, 4.69) is 11.9 Å². The third-order valence-electron chi connectivity index (χ3n) is 3.16. The van der Waals surface area contributed by atoms with Gasteiger partial charge in [-0.3, -0.25) is 5.32 Å². The second-order valence-electron chi connectivity index (χ2n) is 4.16. The molecule has 1 aromatic rings. The fourth-order valence-electron chi connectivity index (χ4n) is 2.28. The predicted molar refractivity (Wildman–Crippen MR) is 73.7 cm³/mol. The van der Waals surface area contributed by atoms with Crippen molar-refractivity contribution in [3.05, 3.63) is 42.5 Å². The molecule has 4 heteroatoms. The van der Waals surface area contributed by atoms with Crippen molar-refractivity contribution in [2.24, 2.45) is 0 Å². The molecule has 2 rings (SSSR count). The summed E-state index contributed by atoms with van der Waals surface area (Å²) in [6, 6.07) is 7.99. The van der Waals surface area contributed by atoms with E-state index in [1.54, 1.807) is 17.8 Å². The molecule has 18 heavy (non-hydrogen) atoms. The van der Waals surface area contributed by atoms with Crippen LogP contribution in [0.25, 0.3) is 0 Å². The Morgan fingerprint density at radius 2 is 2.39 bits per heavy atom. The van der Waals surface area contributed by atoms with Crippen molar-refractivity contribution < 1.29 is 9.53 Å². The van der Waals surface area contributed by atoms with Gasteiger partial charge in [0.2, 0.25) is 0 Å². The smallest absolute Gasteiger partial charge is 0.330 e. The van der Waals surface area contributed by atoms with Crippen molar-refractivity contribution in [3.63, 3.8) is 0 Å². The summed E-state index contributed by atoms with van der Waals surface area (Å²) < 4.78 is 5.00. The summed E-state index contributed by atoms with van der Waals surface area (Å²) in [6.07, 6.45) is 2.49. The molecule has 1 aliphatic rings. The molecule has 0 saturated heterocycles. The zero-order valence-electron chi connectivity index (χ0n) is 10.4. The van der Waals surface area contributed by atoms with Crippen molar-refractivity contribution in [2.75, 3.05) is 19.4 Å². The monoisotopic (exact) mass is 263 g/mol. The van der Waals surface area contributed by atoms with E-state index in [0.717, 1.165) is 22.6 Å². The van der Waals surface area contributed by atoms with Gasteiger partial charge in [-0.1, -0.05) is 24.3 Å². The van der Waals surface area contributed by atoms with Gasteiger partial charge >= 0.3 is 5.97 Å². The highest BCUT2D eigenvalue weighted by atomic mass is 32.2. The molecule has 1 atom stereocenters. The molecule has 0 bridgehead atoms. The summed E-state index contributed by atoms with van der Waals surface area (Å²) in [5.74, 6) is 0.674. The molecular formula is C14H17NO2S. The topological polar surface area (TPSA) is 38.3 Å². The highest BCUT2D eigenvalue weighted by molar-refractivity contribution is 7.99. The highest BCUT2D eigenvalue weighted by Crippen LogP contribution is 2.40. The maximum Gasteiger partial charge on any atom is 0.330 e. The normalized spacial score (nSPS) is 22.1. The number of carbonyl (C=O) groups is 1. The van der Waals surface area contributed by atoms with E-state index in [1.165, 1.54) is 7.11 Å². The first-order valence-electron chi connectivity index (χ1n) is 5.91. The minimum atomic E-state index is -0.731. The van der Waals surface area contributed by atoms with E-state index >= 15 is 0 Å². The maximum atomic E-state index is 12.2. The van der Waals surface area contributed by atoms with Crippen LogP contribution in [0.4, 0.5) is 0 Å². The van der Waals surface area contributed by atoms with E-state index in [9.17, 15) is 4.79 Å². The number of nitrogens with one attached hydrogen (secondary N) is 1. The molecule has 0 saturated carbocycles. The van der Waals surface area contributed by atoms with Gasteiger partial charge in [-0.05, 0) is 18.1 Å². The van der Waals surface area contributed by atoms with Crippen LogP contribution >= 0.6 is 11.8 Å². The first-order chi connectivity index (χ1) is 8.74. The SMILES string of the molecule is C=CCNC1(C(=O)OC)CCSc2ccccc21. The number of hydrogen-bond donors (Lipinski definition) is 1. The van der Waals surface area contributed by atoms with Crippen LogP contribution in [0.15, 0.2) is 41.8 Å². The third kappa shape index (κ3) is 2.18. The molecule has 3 nitrogen and oxygen atoms in total. The summed E-state index contributed by atoms with van der Waals surface area (Å²) in [6.45, 7) is 4.27. The Labute approximate surface area is 112 Å². The quantitative estimate of drug-likeness (QED) is 0.668. The zero-order valence-corrected chi connectivity index (χ0v) is 11.3. The van der Waals surface area contributed by atoms with E-state index in [0.29, 0.717) is 6.54 Å². The first-order valence-corrected chi connectivity index (χ1v) is 6.90. The number of methoxy groups -OCH3 is 1. The largest absolute Gasteiger partial charge is 0.467 e. The van der Waals surface area contributed by atoms with Crippen LogP contribution in [0.2, 0.25) is 0 Å². The standard InChI is InChI=1S/C14H17NO2S/c1-3-9-15-14(13(16)17-2)8-10-18-12-7-5-4-6-11(12)14/h3-7,15H,1,8-10H2,2H3. The number of rotatable bonds is 4. The summed E-state index contributed by atoms with van der Waals surface area (Å²) in [5.41, 5.74) is 0.278. The van der Waals surface area contributed by atoms with Crippen LogP contribution < -0.4 is 5.32 Å². The van der Waals surface area contributed by atoms with Crippen molar-refractivity contribution >= 4 is 17.7 Å². The van der Waals surface area contributed by atoms with Gasteiger partial charge in [-0.2, -0.15) is 0 Å². The molecule has 0 aromatic heterocycles. The van der Waals surface area contributed by atoms with Gasteiger partial charge in [0.05, 0.1) is 7.11 Å². The number of benzene rings is 1. The first kappa shape index (κ1) is 13.2. The van der Waals surface area contributed by atoms with Crippen molar-refractivity contribution in [3.8, 4) is 0 Å². The number of carbonyl (C=O) groups excluding carboxylic acids is 1. The van der Waals surface area contributed by atoms with Gasteiger partial charge in [0, 0.05) is 17.2 Å².